The summed E-state index contributed by atoms with van der Waals surface area (Å²) in [5.74, 6) is -0.833. The van der Waals surface area contributed by atoms with Gasteiger partial charge in [-0.15, -0.1) is 0 Å². The average Bonchev–Trinajstić information content (AvgIpc) is 3.26. The standard InChI is InChI=1S/C23H19N3O4/c1-14-20(12-17-13-25(15(2)27)21-7-5-4-6-19(17)21)22(28)26(24-14)18-10-8-16(9-11-18)23(29)30-3/h4-13H,1-3H3/b20-12-. The molecule has 0 bridgehead atoms. The summed E-state index contributed by atoms with van der Waals surface area (Å²) in [7, 11) is 1.31. The number of carbonyl (C=O) groups excluding carboxylic acids is 3. The van der Waals surface area contributed by atoms with Crippen LogP contribution >= 0.6 is 0 Å². The highest BCUT2D eigenvalue weighted by Crippen LogP contribution is 2.28. The Hall–Kier alpha value is -4.00. The maximum atomic E-state index is 13.1. The monoisotopic (exact) mass is 401 g/mol. The number of anilines is 1. The Balaban J connectivity index is 1.71. The van der Waals surface area contributed by atoms with E-state index in [-0.39, 0.29) is 11.8 Å². The fourth-order valence-electron chi connectivity index (χ4n) is 3.45. The fraction of sp³-hybridized carbons (Fsp3) is 0.130. The summed E-state index contributed by atoms with van der Waals surface area (Å²) in [5, 5.41) is 6.55. The van der Waals surface area contributed by atoms with Crippen LogP contribution in [-0.2, 0) is 9.53 Å². The second kappa shape index (κ2) is 7.44. The zero-order valence-electron chi connectivity index (χ0n) is 16.7. The van der Waals surface area contributed by atoms with Gasteiger partial charge in [0.25, 0.3) is 5.91 Å². The van der Waals surface area contributed by atoms with Gasteiger partial charge in [0.2, 0.25) is 5.91 Å². The lowest BCUT2D eigenvalue weighted by Gasteiger charge is -2.12. The molecule has 1 aliphatic rings. The number of esters is 1. The highest BCUT2D eigenvalue weighted by atomic mass is 16.5. The summed E-state index contributed by atoms with van der Waals surface area (Å²) in [6, 6.07) is 14.0. The second-order valence-electron chi connectivity index (χ2n) is 6.89. The molecule has 2 aromatic carbocycles. The summed E-state index contributed by atoms with van der Waals surface area (Å²) in [6.07, 6.45) is 3.49. The number of hydrogen-bond donors (Lipinski definition) is 0. The number of nitrogens with zero attached hydrogens (tertiary/aromatic N) is 3. The number of amides is 1. The normalized spacial score (nSPS) is 15.0. The molecule has 3 aromatic rings. The zero-order chi connectivity index (χ0) is 21.4. The number of fused-ring (bicyclic) bond motifs is 1. The molecule has 0 spiro atoms. The molecule has 4 rings (SSSR count). The lowest BCUT2D eigenvalue weighted by atomic mass is 10.1. The predicted octanol–water partition coefficient (Wildman–Crippen LogP) is 3.89. The molecule has 0 fully saturated rings. The molecule has 0 saturated heterocycles. The number of benzene rings is 2. The molecule has 0 N–H and O–H groups in total. The van der Waals surface area contributed by atoms with Crippen molar-refractivity contribution < 1.29 is 19.1 Å². The Morgan fingerprint density at radius 1 is 1.07 bits per heavy atom. The van der Waals surface area contributed by atoms with Crippen molar-refractivity contribution in [2.24, 2.45) is 5.10 Å². The van der Waals surface area contributed by atoms with Crippen LogP contribution in [0.25, 0.3) is 17.0 Å². The van der Waals surface area contributed by atoms with E-state index in [1.54, 1.807) is 48.0 Å². The lowest BCUT2D eigenvalue weighted by Crippen LogP contribution is -2.21. The van der Waals surface area contributed by atoms with Gasteiger partial charge in [-0.05, 0) is 43.3 Å². The van der Waals surface area contributed by atoms with Crippen LogP contribution in [0.1, 0.15) is 34.6 Å². The minimum absolute atomic E-state index is 0.105. The molecule has 1 aliphatic heterocycles. The van der Waals surface area contributed by atoms with E-state index in [0.717, 1.165) is 16.5 Å². The van der Waals surface area contributed by atoms with Crippen molar-refractivity contribution in [3.8, 4) is 0 Å². The van der Waals surface area contributed by atoms with Crippen molar-refractivity contribution >= 4 is 46.2 Å². The smallest absolute Gasteiger partial charge is 0.337 e. The minimum atomic E-state index is -0.448. The molecule has 0 saturated carbocycles. The topological polar surface area (TPSA) is 81.0 Å². The van der Waals surface area contributed by atoms with Crippen LogP contribution in [0.5, 0.6) is 0 Å². The molecule has 0 atom stereocenters. The predicted molar refractivity (Wildman–Crippen MR) is 115 cm³/mol. The third-order valence-electron chi connectivity index (χ3n) is 4.98. The molecule has 150 valence electrons. The van der Waals surface area contributed by atoms with Gasteiger partial charge in [-0.25, -0.2) is 4.79 Å². The zero-order valence-corrected chi connectivity index (χ0v) is 16.7. The number of para-hydroxylation sites is 1. The number of hydrogen-bond acceptors (Lipinski definition) is 5. The van der Waals surface area contributed by atoms with E-state index in [0.29, 0.717) is 22.5 Å². The molecule has 2 heterocycles. The SMILES string of the molecule is COC(=O)c1ccc(N2N=C(C)/C(=C/c3cn(C(C)=O)c4ccccc34)C2=O)cc1. The fourth-order valence-corrected chi connectivity index (χ4v) is 3.45. The van der Waals surface area contributed by atoms with E-state index < -0.39 is 5.97 Å². The average molecular weight is 401 g/mol. The van der Waals surface area contributed by atoms with E-state index in [9.17, 15) is 14.4 Å². The van der Waals surface area contributed by atoms with Gasteiger partial charge in [0.05, 0.1) is 35.2 Å². The van der Waals surface area contributed by atoms with Gasteiger partial charge in [-0.3, -0.25) is 14.2 Å². The van der Waals surface area contributed by atoms with Gasteiger partial charge in [-0.2, -0.15) is 10.1 Å². The molecular formula is C23H19N3O4. The van der Waals surface area contributed by atoms with Gasteiger partial charge in [0, 0.05) is 24.1 Å². The Labute approximate surface area is 172 Å². The summed E-state index contributed by atoms with van der Waals surface area (Å²) < 4.78 is 6.26. The van der Waals surface area contributed by atoms with Gasteiger partial charge in [-0.1, -0.05) is 18.2 Å². The number of carbonyl (C=O) groups is 3. The highest BCUT2D eigenvalue weighted by Gasteiger charge is 2.29. The maximum absolute atomic E-state index is 13.1. The Morgan fingerprint density at radius 2 is 1.77 bits per heavy atom. The summed E-state index contributed by atoms with van der Waals surface area (Å²) in [4.78, 5) is 36.6. The quantitative estimate of drug-likeness (QED) is 0.492. The van der Waals surface area contributed by atoms with Crippen molar-refractivity contribution in [1.29, 1.82) is 0 Å². The van der Waals surface area contributed by atoms with Gasteiger partial charge in [0.15, 0.2) is 0 Å². The molecular weight excluding hydrogens is 382 g/mol. The number of methoxy groups -OCH3 is 1. The highest BCUT2D eigenvalue weighted by molar-refractivity contribution is 6.32. The van der Waals surface area contributed by atoms with E-state index in [4.69, 9.17) is 4.74 Å². The van der Waals surface area contributed by atoms with Crippen molar-refractivity contribution in [1.82, 2.24) is 4.57 Å². The third-order valence-corrected chi connectivity index (χ3v) is 4.98. The Kier molecular flexibility index (Phi) is 4.79. The van der Waals surface area contributed by atoms with E-state index >= 15 is 0 Å². The number of rotatable bonds is 3. The van der Waals surface area contributed by atoms with Gasteiger partial charge in [0.1, 0.15) is 0 Å². The maximum Gasteiger partial charge on any atom is 0.337 e. The van der Waals surface area contributed by atoms with Crippen LogP contribution in [-0.4, -0.2) is 35.2 Å². The largest absolute Gasteiger partial charge is 0.465 e. The first-order valence-corrected chi connectivity index (χ1v) is 9.32. The number of hydrazone groups is 1. The van der Waals surface area contributed by atoms with E-state index in [1.165, 1.54) is 19.0 Å². The number of ether oxygens (including phenoxy) is 1. The van der Waals surface area contributed by atoms with Crippen LogP contribution < -0.4 is 5.01 Å². The molecule has 0 unspecified atom stereocenters. The summed E-state index contributed by atoms with van der Waals surface area (Å²) in [6.45, 7) is 3.26. The third kappa shape index (κ3) is 3.20. The lowest BCUT2D eigenvalue weighted by molar-refractivity contribution is -0.114. The molecule has 1 aromatic heterocycles. The first kappa shape index (κ1) is 19.3. The van der Waals surface area contributed by atoms with Crippen molar-refractivity contribution in [3.63, 3.8) is 0 Å². The summed E-state index contributed by atoms with van der Waals surface area (Å²) in [5.41, 5.74) is 3.49. The molecule has 30 heavy (non-hydrogen) atoms. The van der Waals surface area contributed by atoms with Crippen LogP contribution in [0.3, 0.4) is 0 Å². The van der Waals surface area contributed by atoms with Crippen LogP contribution in [0.15, 0.2) is 65.4 Å². The first-order chi connectivity index (χ1) is 14.4. The Bertz CT molecular complexity index is 1250. The summed E-state index contributed by atoms with van der Waals surface area (Å²) >= 11 is 0. The van der Waals surface area contributed by atoms with Crippen molar-refractivity contribution in [2.45, 2.75) is 13.8 Å². The van der Waals surface area contributed by atoms with Crippen LogP contribution in [0, 0.1) is 0 Å². The molecule has 1 amide bonds. The second-order valence-corrected chi connectivity index (χ2v) is 6.89. The first-order valence-electron chi connectivity index (χ1n) is 9.32. The van der Waals surface area contributed by atoms with Crippen molar-refractivity contribution in [2.75, 3.05) is 12.1 Å². The van der Waals surface area contributed by atoms with Gasteiger partial charge >= 0.3 is 5.97 Å². The minimum Gasteiger partial charge on any atom is -0.465 e. The molecule has 7 heteroatoms. The molecule has 0 radical (unpaired) electrons. The van der Waals surface area contributed by atoms with Gasteiger partial charge < -0.3 is 4.74 Å². The van der Waals surface area contributed by atoms with E-state index in [2.05, 4.69) is 5.10 Å². The van der Waals surface area contributed by atoms with Crippen LogP contribution in [0.2, 0.25) is 0 Å². The molecule has 0 aliphatic carbocycles. The van der Waals surface area contributed by atoms with Crippen molar-refractivity contribution in [3.05, 3.63) is 71.4 Å². The Morgan fingerprint density at radius 3 is 2.43 bits per heavy atom. The van der Waals surface area contributed by atoms with Crippen LogP contribution in [0.4, 0.5) is 5.69 Å². The number of aromatic nitrogens is 1. The molecule has 7 nitrogen and oxygen atoms in total. The van der Waals surface area contributed by atoms with E-state index in [1.807, 2.05) is 24.3 Å².